The summed E-state index contributed by atoms with van der Waals surface area (Å²) in [6.07, 6.45) is 0.431. The molecule has 1 aliphatic heterocycles. The van der Waals surface area contributed by atoms with Gasteiger partial charge >= 0.3 is 0 Å². The van der Waals surface area contributed by atoms with Crippen LogP contribution < -0.4 is 15.4 Å². The normalized spacial score (nSPS) is 18.1. The number of anilines is 1. The minimum absolute atomic E-state index is 0.0224. The van der Waals surface area contributed by atoms with E-state index in [0.717, 1.165) is 11.3 Å². The number of methoxy groups -OCH3 is 1. The smallest absolute Gasteiger partial charge is 0.270 e. The van der Waals surface area contributed by atoms with Gasteiger partial charge in [-0.15, -0.1) is 0 Å². The van der Waals surface area contributed by atoms with E-state index >= 15 is 0 Å². The van der Waals surface area contributed by atoms with Crippen LogP contribution in [0.1, 0.15) is 28.2 Å². The number of nitrogens with one attached hydrogen (secondary N) is 2. The van der Waals surface area contributed by atoms with Crippen molar-refractivity contribution < 1.29 is 17.9 Å². The minimum Gasteiger partial charge on any atom is -0.497 e. The third-order valence-electron chi connectivity index (χ3n) is 4.26. The first-order chi connectivity index (χ1) is 12.8. The Morgan fingerprint density at radius 2 is 2.00 bits per heavy atom. The van der Waals surface area contributed by atoms with E-state index < -0.39 is 15.7 Å². The number of rotatable bonds is 6. The molecule has 27 heavy (non-hydrogen) atoms. The van der Waals surface area contributed by atoms with E-state index in [1.807, 2.05) is 24.3 Å². The molecule has 3 rings (SSSR count). The maximum Gasteiger partial charge on any atom is 0.270 e. The highest BCUT2D eigenvalue weighted by molar-refractivity contribution is 7.91. The third kappa shape index (κ3) is 5.16. The number of carbonyl (C=O) groups is 1. The summed E-state index contributed by atoms with van der Waals surface area (Å²) < 4.78 is 28.2. The van der Waals surface area contributed by atoms with Gasteiger partial charge in [-0.05, 0) is 37.1 Å². The SMILES string of the molecule is COc1ccc(CNc2nc(C)cc(C(=O)NC3CCS(=O)(=O)C3)n2)cc1. The van der Waals surface area contributed by atoms with Crippen LogP contribution in [0.25, 0.3) is 0 Å². The lowest BCUT2D eigenvalue weighted by Crippen LogP contribution is -2.36. The second-order valence-electron chi connectivity index (χ2n) is 6.49. The van der Waals surface area contributed by atoms with Crippen molar-refractivity contribution in [1.29, 1.82) is 0 Å². The number of aromatic nitrogens is 2. The molecule has 1 atom stereocenters. The van der Waals surface area contributed by atoms with Crippen LogP contribution in [0.3, 0.4) is 0 Å². The summed E-state index contributed by atoms with van der Waals surface area (Å²) in [7, 11) is -1.44. The molecule has 0 aliphatic carbocycles. The average Bonchev–Trinajstić information content (AvgIpc) is 2.98. The molecule has 0 radical (unpaired) electrons. The standard InChI is InChI=1S/C18H22N4O4S/c1-12-9-16(17(23)21-14-7-8-27(24,25)11-14)22-18(20-12)19-10-13-3-5-15(26-2)6-4-13/h3-6,9,14H,7-8,10-11H2,1-2H3,(H,21,23)(H,19,20,22). The van der Waals surface area contributed by atoms with E-state index in [9.17, 15) is 13.2 Å². The van der Waals surface area contributed by atoms with Crippen LogP contribution in [0.2, 0.25) is 0 Å². The first-order valence-electron chi connectivity index (χ1n) is 8.58. The number of hydrogen-bond acceptors (Lipinski definition) is 7. The highest BCUT2D eigenvalue weighted by atomic mass is 32.2. The lowest BCUT2D eigenvalue weighted by atomic mass is 10.2. The molecule has 9 heteroatoms. The summed E-state index contributed by atoms with van der Waals surface area (Å²) in [6, 6.07) is 8.79. The lowest BCUT2D eigenvalue weighted by molar-refractivity contribution is 0.0936. The van der Waals surface area contributed by atoms with Gasteiger partial charge in [-0.25, -0.2) is 18.4 Å². The van der Waals surface area contributed by atoms with E-state index in [0.29, 0.717) is 24.6 Å². The molecule has 1 aromatic carbocycles. The molecule has 2 N–H and O–H groups in total. The Balaban J connectivity index is 1.65. The van der Waals surface area contributed by atoms with Crippen LogP contribution in [-0.4, -0.2) is 49.0 Å². The molecule has 1 aliphatic rings. The monoisotopic (exact) mass is 390 g/mol. The van der Waals surface area contributed by atoms with Crippen LogP contribution >= 0.6 is 0 Å². The number of carbonyl (C=O) groups excluding carboxylic acids is 1. The molecule has 0 bridgehead atoms. The maximum absolute atomic E-state index is 12.4. The van der Waals surface area contributed by atoms with Crippen molar-refractivity contribution in [1.82, 2.24) is 15.3 Å². The highest BCUT2D eigenvalue weighted by Gasteiger charge is 2.29. The van der Waals surface area contributed by atoms with Crippen LogP contribution in [0.5, 0.6) is 5.75 Å². The molecule has 1 unspecified atom stereocenters. The quantitative estimate of drug-likeness (QED) is 0.765. The van der Waals surface area contributed by atoms with Gasteiger partial charge in [0.1, 0.15) is 11.4 Å². The molecule has 2 heterocycles. The van der Waals surface area contributed by atoms with Crippen molar-refractivity contribution in [3.8, 4) is 5.75 Å². The van der Waals surface area contributed by atoms with Crippen molar-refractivity contribution >= 4 is 21.7 Å². The average molecular weight is 390 g/mol. The van der Waals surface area contributed by atoms with Crippen LogP contribution in [0, 0.1) is 6.92 Å². The Morgan fingerprint density at radius 1 is 1.26 bits per heavy atom. The second kappa shape index (κ2) is 7.91. The van der Waals surface area contributed by atoms with Crippen molar-refractivity contribution in [2.24, 2.45) is 0 Å². The number of sulfone groups is 1. The van der Waals surface area contributed by atoms with Gasteiger partial charge in [0.15, 0.2) is 9.84 Å². The van der Waals surface area contributed by atoms with Crippen molar-refractivity contribution in [2.75, 3.05) is 23.9 Å². The van der Waals surface area contributed by atoms with Gasteiger partial charge in [0.25, 0.3) is 5.91 Å². The molecule has 0 spiro atoms. The fourth-order valence-electron chi connectivity index (χ4n) is 2.86. The molecule has 1 saturated heterocycles. The van der Waals surface area contributed by atoms with Crippen molar-refractivity contribution in [2.45, 2.75) is 25.9 Å². The Kier molecular flexibility index (Phi) is 5.59. The zero-order valence-electron chi connectivity index (χ0n) is 15.2. The van der Waals surface area contributed by atoms with E-state index in [-0.39, 0.29) is 23.2 Å². The molecular formula is C18H22N4O4S. The van der Waals surface area contributed by atoms with Crippen LogP contribution in [0.4, 0.5) is 5.95 Å². The van der Waals surface area contributed by atoms with Gasteiger partial charge in [0.05, 0.1) is 18.6 Å². The molecule has 1 amide bonds. The fourth-order valence-corrected chi connectivity index (χ4v) is 4.53. The first kappa shape index (κ1) is 19.1. The molecule has 0 saturated carbocycles. The number of ether oxygens (including phenoxy) is 1. The van der Waals surface area contributed by atoms with Crippen LogP contribution in [0.15, 0.2) is 30.3 Å². The summed E-state index contributed by atoms with van der Waals surface area (Å²) >= 11 is 0. The van der Waals surface area contributed by atoms with Gasteiger partial charge in [-0.1, -0.05) is 12.1 Å². The Bertz CT molecular complexity index is 929. The van der Waals surface area contributed by atoms with Crippen molar-refractivity contribution in [3.05, 3.63) is 47.3 Å². The van der Waals surface area contributed by atoms with Crippen molar-refractivity contribution in [3.63, 3.8) is 0 Å². The van der Waals surface area contributed by atoms with E-state index in [1.165, 1.54) is 0 Å². The lowest BCUT2D eigenvalue weighted by Gasteiger charge is -2.12. The maximum atomic E-state index is 12.4. The minimum atomic E-state index is -3.05. The number of hydrogen-bond donors (Lipinski definition) is 2. The molecule has 1 fully saturated rings. The first-order valence-corrected chi connectivity index (χ1v) is 10.4. The Morgan fingerprint density at radius 3 is 2.63 bits per heavy atom. The van der Waals surface area contributed by atoms with Gasteiger partial charge in [0.2, 0.25) is 5.95 Å². The molecule has 144 valence electrons. The Hall–Kier alpha value is -2.68. The predicted molar refractivity (Wildman–Crippen MR) is 102 cm³/mol. The third-order valence-corrected chi connectivity index (χ3v) is 6.03. The highest BCUT2D eigenvalue weighted by Crippen LogP contribution is 2.14. The number of nitrogens with zero attached hydrogens (tertiary/aromatic N) is 2. The van der Waals surface area contributed by atoms with Crippen LogP contribution in [-0.2, 0) is 16.4 Å². The number of aryl methyl sites for hydroxylation is 1. The second-order valence-corrected chi connectivity index (χ2v) is 8.72. The fraction of sp³-hybridized carbons (Fsp3) is 0.389. The predicted octanol–water partition coefficient (Wildman–Crippen LogP) is 1.32. The van der Waals surface area contributed by atoms with Gasteiger partial charge < -0.3 is 15.4 Å². The summed E-state index contributed by atoms with van der Waals surface area (Å²) in [5.41, 5.74) is 1.87. The zero-order valence-corrected chi connectivity index (χ0v) is 16.0. The molecule has 8 nitrogen and oxygen atoms in total. The largest absolute Gasteiger partial charge is 0.497 e. The zero-order chi connectivity index (χ0) is 19.4. The molecular weight excluding hydrogens is 368 g/mol. The van der Waals surface area contributed by atoms with Gasteiger partial charge in [0, 0.05) is 18.3 Å². The van der Waals surface area contributed by atoms with E-state index in [1.54, 1.807) is 20.1 Å². The molecule has 2 aromatic rings. The summed E-state index contributed by atoms with van der Waals surface area (Å²) in [6.45, 7) is 2.27. The summed E-state index contributed by atoms with van der Waals surface area (Å²) in [5, 5.41) is 5.84. The van der Waals surface area contributed by atoms with E-state index in [4.69, 9.17) is 4.74 Å². The number of amides is 1. The van der Waals surface area contributed by atoms with E-state index in [2.05, 4.69) is 20.6 Å². The van der Waals surface area contributed by atoms with Gasteiger partial charge in [-0.3, -0.25) is 4.79 Å². The Labute approximate surface area is 158 Å². The topological polar surface area (TPSA) is 110 Å². The summed E-state index contributed by atoms with van der Waals surface area (Å²) in [4.78, 5) is 21.0. The number of benzene rings is 1. The molecule has 1 aromatic heterocycles. The van der Waals surface area contributed by atoms with Gasteiger partial charge in [-0.2, -0.15) is 0 Å². The summed E-state index contributed by atoms with van der Waals surface area (Å²) in [5.74, 6) is 0.810.